The van der Waals surface area contributed by atoms with Crippen LogP contribution in [0.2, 0.25) is 0 Å². The molecule has 0 N–H and O–H groups in total. The van der Waals surface area contributed by atoms with Gasteiger partial charge >= 0.3 is 0 Å². The Bertz CT molecular complexity index is 569. The highest BCUT2D eigenvalue weighted by Gasteiger charge is 2.28. The SMILES string of the molecule is COC[C@@H](C)CN1CCN(S(=O)(=O)c2ccc(F)cc2)CC1. The smallest absolute Gasteiger partial charge is 0.243 e. The molecule has 1 heterocycles. The fourth-order valence-corrected chi connectivity index (χ4v) is 4.11. The van der Waals surface area contributed by atoms with Gasteiger partial charge in [-0.05, 0) is 30.2 Å². The number of rotatable bonds is 6. The predicted molar refractivity (Wildman–Crippen MR) is 82.6 cm³/mol. The summed E-state index contributed by atoms with van der Waals surface area (Å²) in [4.78, 5) is 2.40. The summed E-state index contributed by atoms with van der Waals surface area (Å²) in [7, 11) is -1.84. The zero-order chi connectivity index (χ0) is 16.2. The van der Waals surface area contributed by atoms with E-state index in [0.29, 0.717) is 38.7 Å². The lowest BCUT2D eigenvalue weighted by Crippen LogP contribution is -2.49. The molecular weight excluding hydrogens is 307 g/mol. The van der Waals surface area contributed by atoms with Crippen molar-refractivity contribution < 1.29 is 17.5 Å². The van der Waals surface area contributed by atoms with Crippen molar-refractivity contribution in [2.75, 3.05) is 46.4 Å². The Morgan fingerprint density at radius 3 is 2.32 bits per heavy atom. The molecule has 1 aliphatic rings. The predicted octanol–water partition coefficient (Wildman–Crippen LogP) is 1.41. The first-order valence-electron chi connectivity index (χ1n) is 7.40. The summed E-state index contributed by atoms with van der Waals surface area (Å²) < 4.78 is 44.5. The van der Waals surface area contributed by atoms with E-state index in [2.05, 4.69) is 11.8 Å². The molecule has 5 nitrogen and oxygen atoms in total. The topological polar surface area (TPSA) is 49.9 Å². The van der Waals surface area contributed by atoms with Crippen LogP contribution >= 0.6 is 0 Å². The lowest BCUT2D eigenvalue weighted by molar-refractivity contribution is 0.112. The van der Waals surface area contributed by atoms with E-state index >= 15 is 0 Å². The molecule has 0 aliphatic carbocycles. The largest absolute Gasteiger partial charge is 0.384 e. The van der Waals surface area contributed by atoms with Crippen molar-refractivity contribution in [3.8, 4) is 0 Å². The number of hydrogen-bond donors (Lipinski definition) is 0. The van der Waals surface area contributed by atoms with Crippen molar-refractivity contribution in [2.24, 2.45) is 5.92 Å². The Morgan fingerprint density at radius 1 is 1.18 bits per heavy atom. The van der Waals surface area contributed by atoms with Gasteiger partial charge in [-0.1, -0.05) is 6.92 Å². The van der Waals surface area contributed by atoms with E-state index in [0.717, 1.165) is 6.54 Å². The standard InChI is InChI=1S/C15H23FN2O3S/c1-13(12-21-2)11-17-7-9-18(10-8-17)22(19,20)15-5-3-14(16)4-6-15/h3-6,13H,7-12H2,1-2H3/t13-/m0/s1. The number of piperazine rings is 1. The van der Waals surface area contributed by atoms with Crippen LogP contribution in [0.5, 0.6) is 0 Å². The molecule has 0 amide bonds. The van der Waals surface area contributed by atoms with E-state index in [1.54, 1.807) is 7.11 Å². The molecule has 0 unspecified atom stereocenters. The molecule has 0 aromatic heterocycles. The third-order valence-corrected chi connectivity index (χ3v) is 5.72. The molecule has 1 saturated heterocycles. The van der Waals surface area contributed by atoms with Crippen molar-refractivity contribution in [3.63, 3.8) is 0 Å². The Morgan fingerprint density at radius 2 is 1.77 bits per heavy atom. The summed E-state index contributed by atoms with van der Waals surface area (Å²) in [5.74, 6) is -0.0128. The van der Waals surface area contributed by atoms with Gasteiger partial charge in [-0.2, -0.15) is 4.31 Å². The monoisotopic (exact) mass is 330 g/mol. The van der Waals surface area contributed by atoms with Gasteiger partial charge in [0, 0.05) is 46.4 Å². The molecule has 1 atom stereocenters. The quantitative estimate of drug-likeness (QED) is 0.791. The first-order valence-corrected chi connectivity index (χ1v) is 8.84. The lowest BCUT2D eigenvalue weighted by atomic mass is 10.2. The van der Waals surface area contributed by atoms with Crippen molar-refractivity contribution in [1.29, 1.82) is 0 Å². The van der Waals surface area contributed by atoms with E-state index in [1.807, 2.05) is 0 Å². The second-order valence-corrected chi connectivity index (χ2v) is 7.66. The van der Waals surface area contributed by atoms with Gasteiger partial charge in [0.2, 0.25) is 10.0 Å². The third-order valence-electron chi connectivity index (χ3n) is 3.80. The lowest BCUT2D eigenvalue weighted by Gasteiger charge is -2.35. The molecule has 0 bridgehead atoms. The molecule has 2 rings (SSSR count). The minimum absolute atomic E-state index is 0.148. The zero-order valence-corrected chi connectivity index (χ0v) is 13.9. The van der Waals surface area contributed by atoms with Crippen LogP contribution in [-0.2, 0) is 14.8 Å². The average Bonchev–Trinajstić information content (AvgIpc) is 2.48. The van der Waals surface area contributed by atoms with E-state index < -0.39 is 15.8 Å². The van der Waals surface area contributed by atoms with Crippen LogP contribution in [0, 0.1) is 11.7 Å². The molecule has 124 valence electrons. The summed E-state index contributed by atoms with van der Waals surface area (Å²) in [6.45, 7) is 6.04. The average molecular weight is 330 g/mol. The van der Waals surface area contributed by atoms with Crippen LogP contribution in [0.15, 0.2) is 29.2 Å². The highest BCUT2D eigenvalue weighted by atomic mass is 32.2. The molecule has 0 radical (unpaired) electrons. The molecule has 1 fully saturated rings. The van der Waals surface area contributed by atoms with Gasteiger partial charge in [0.1, 0.15) is 5.82 Å². The van der Waals surface area contributed by atoms with Crippen LogP contribution in [0.4, 0.5) is 4.39 Å². The fraction of sp³-hybridized carbons (Fsp3) is 0.600. The van der Waals surface area contributed by atoms with Gasteiger partial charge in [0.25, 0.3) is 0 Å². The molecular formula is C15H23FN2O3S. The fourth-order valence-electron chi connectivity index (χ4n) is 2.69. The first-order chi connectivity index (χ1) is 10.4. The number of hydrogen-bond acceptors (Lipinski definition) is 4. The number of ether oxygens (including phenoxy) is 1. The van der Waals surface area contributed by atoms with Gasteiger partial charge in [-0.3, -0.25) is 0 Å². The second-order valence-electron chi connectivity index (χ2n) is 5.72. The zero-order valence-electron chi connectivity index (χ0n) is 13.0. The Kier molecular flexibility index (Phi) is 5.91. The van der Waals surface area contributed by atoms with Crippen molar-refractivity contribution in [3.05, 3.63) is 30.1 Å². The van der Waals surface area contributed by atoms with Crippen LogP contribution < -0.4 is 0 Å². The van der Waals surface area contributed by atoms with Gasteiger partial charge in [-0.15, -0.1) is 0 Å². The van der Waals surface area contributed by atoms with E-state index in [9.17, 15) is 12.8 Å². The van der Waals surface area contributed by atoms with Crippen molar-refractivity contribution >= 4 is 10.0 Å². The number of nitrogens with zero attached hydrogens (tertiary/aromatic N) is 2. The molecule has 1 aromatic rings. The minimum atomic E-state index is -3.53. The minimum Gasteiger partial charge on any atom is -0.384 e. The molecule has 0 saturated carbocycles. The Balaban J connectivity index is 1.94. The van der Waals surface area contributed by atoms with Gasteiger partial charge in [0.05, 0.1) is 4.90 Å². The highest BCUT2D eigenvalue weighted by molar-refractivity contribution is 7.89. The summed E-state index contributed by atoms with van der Waals surface area (Å²) in [5, 5.41) is 0. The Labute approximate surface area is 131 Å². The van der Waals surface area contributed by atoms with Crippen LogP contribution in [0.3, 0.4) is 0 Å². The van der Waals surface area contributed by atoms with E-state index in [4.69, 9.17) is 4.74 Å². The summed E-state index contributed by atoms with van der Waals surface area (Å²) in [6.07, 6.45) is 0. The van der Waals surface area contributed by atoms with Crippen LogP contribution in [0.25, 0.3) is 0 Å². The molecule has 1 aromatic carbocycles. The summed E-state index contributed by atoms with van der Waals surface area (Å²) in [6, 6.07) is 4.99. The van der Waals surface area contributed by atoms with Crippen LogP contribution in [0.1, 0.15) is 6.92 Å². The van der Waals surface area contributed by atoms with E-state index in [-0.39, 0.29) is 4.90 Å². The number of sulfonamides is 1. The molecule has 7 heteroatoms. The number of benzene rings is 1. The molecule has 1 aliphatic heterocycles. The first kappa shape index (κ1) is 17.3. The number of halogens is 1. The molecule has 22 heavy (non-hydrogen) atoms. The number of methoxy groups -OCH3 is 1. The van der Waals surface area contributed by atoms with Crippen LogP contribution in [-0.4, -0.2) is 64.1 Å². The van der Waals surface area contributed by atoms with Gasteiger partial charge < -0.3 is 9.64 Å². The van der Waals surface area contributed by atoms with Gasteiger partial charge in [-0.25, -0.2) is 12.8 Å². The maximum atomic E-state index is 12.9. The summed E-state index contributed by atoms with van der Waals surface area (Å²) >= 11 is 0. The third kappa shape index (κ3) is 4.25. The Hall–Kier alpha value is -1.02. The maximum absolute atomic E-state index is 12.9. The van der Waals surface area contributed by atoms with Crippen molar-refractivity contribution in [1.82, 2.24) is 9.21 Å². The molecule has 0 spiro atoms. The van der Waals surface area contributed by atoms with Crippen molar-refractivity contribution in [2.45, 2.75) is 11.8 Å². The maximum Gasteiger partial charge on any atom is 0.243 e. The summed E-state index contributed by atoms with van der Waals surface area (Å²) in [5.41, 5.74) is 0. The second kappa shape index (κ2) is 7.50. The van der Waals surface area contributed by atoms with Gasteiger partial charge in [0.15, 0.2) is 0 Å². The van der Waals surface area contributed by atoms with E-state index in [1.165, 1.54) is 28.6 Å². The normalized spacial score (nSPS) is 19.2. The highest BCUT2D eigenvalue weighted by Crippen LogP contribution is 2.18.